The van der Waals surface area contributed by atoms with Crippen molar-refractivity contribution in [3.8, 4) is 5.88 Å². The average Bonchev–Trinajstić information content (AvgIpc) is 2.91. The molecule has 0 N–H and O–H groups in total. The number of rotatable bonds is 4. The number of nitrogens with zero attached hydrogens (tertiary/aromatic N) is 4. The van der Waals surface area contributed by atoms with Crippen molar-refractivity contribution in [3.63, 3.8) is 0 Å². The van der Waals surface area contributed by atoms with Crippen LogP contribution in [0.25, 0.3) is 0 Å². The number of aromatic nitrogens is 3. The predicted octanol–water partition coefficient (Wildman–Crippen LogP) is 3.38. The SMILES string of the molecule is Cc1nn(C)c(C)c1C(=O)N1CCC(COc2ncccc2C(F)(F)F)CC1. The number of hydrogen-bond donors (Lipinski definition) is 0. The quantitative estimate of drug-likeness (QED) is 0.795. The Labute approximate surface area is 161 Å². The van der Waals surface area contributed by atoms with Crippen molar-refractivity contribution >= 4 is 5.91 Å². The van der Waals surface area contributed by atoms with Crippen LogP contribution >= 0.6 is 0 Å². The zero-order valence-corrected chi connectivity index (χ0v) is 16.1. The van der Waals surface area contributed by atoms with Gasteiger partial charge in [-0.1, -0.05) is 0 Å². The lowest BCUT2D eigenvalue weighted by molar-refractivity contribution is -0.139. The summed E-state index contributed by atoms with van der Waals surface area (Å²) in [5, 5.41) is 4.28. The summed E-state index contributed by atoms with van der Waals surface area (Å²) in [6.45, 7) is 4.89. The molecule has 152 valence electrons. The topological polar surface area (TPSA) is 60.2 Å². The van der Waals surface area contributed by atoms with Crippen molar-refractivity contribution in [1.82, 2.24) is 19.7 Å². The monoisotopic (exact) mass is 396 g/mol. The summed E-state index contributed by atoms with van der Waals surface area (Å²) in [5.41, 5.74) is 1.28. The number of aryl methyl sites for hydroxylation is 2. The molecular formula is C19H23F3N4O2. The molecule has 2 aromatic heterocycles. The average molecular weight is 396 g/mol. The number of halogens is 3. The molecule has 9 heteroatoms. The minimum Gasteiger partial charge on any atom is -0.477 e. The molecule has 6 nitrogen and oxygen atoms in total. The highest BCUT2D eigenvalue weighted by molar-refractivity contribution is 5.96. The van der Waals surface area contributed by atoms with Gasteiger partial charge in [0, 0.05) is 32.0 Å². The highest BCUT2D eigenvalue weighted by Gasteiger charge is 2.35. The van der Waals surface area contributed by atoms with Crippen LogP contribution in [0.3, 0.4) is 0 Å². The van der Waals surface area contributed by atoms with E-state index < -0.39 is 17.6 Å². The molecule has 1 saturated heterocycles. The van der Waals surface area contributed by atoms with Crippen LogP contribution < -0.4 is 4.74 Å². The minimum atomic E-state index is -4.50. The third kappa shape index (κ3) is 4.13. The summed E-state index contributed by atoms with van der Waals surface area (Å²) in [4.78, 5) is 18.3. The molecule has 0 saturated carbocycles. The van der Waals surface area contributed by atoms with Gasteiger partial charge in [-0.25, -0.2) is 4.98 Å². The Morgan fingerprint density at radius 2 is 1.96 bits per heavy atom. The maximum Gasteiger partial charge on any atom is 0.421 e. The molecule has 0 atom stereocenters. The highest BCUT2D eigenvalue weighted by atomic mass is 19.4. The molecule has 0 aliphatic carbocycles. The molecular weight excluding hydrogens is 373 g/mol. The standard InChI is InChI=1S/C19H23F3N4O2/c1-12-16(13(2)25(3)24-12)18(27)26-9-6-14(7-10-26)11-28-17-15(19(20,21)22)5-4-8-23-17/h4-5,8,14H,6-7,9-11H2,1-3H3. The van der Waals surface area contributed by atoms with Crippen molar-refractivity contribution < 1.29 is 22.7 Å². The minimum absolute atomic E-state index is 0.0495. The number of carbonyl (C=O) groups is 1. The third-order valence-corrected chi connectivity index (χ3v) is 5.16. The van der Waals surface area contributed by atoms with Crippen molar-refractivity contribution in [2.75, 3.05) is 19.7 Å². The van der Waals surface area contributed by atoms with Crippen LogP contribution in [0.4, 0.5) is 13.2 Å². The first-order valence-electron chi connectivity index (χ1n) is 9.13. The molecule has 1 amide bonds. The Bertz CT molecular complexity index is 855. The van der Waals surface area contributed by atoms with Gasteiger partial charge in [0.15, 0.2) is 0 Å². The first-order chi connectivity index (χ1) is 13.2. The Hall–Kier alpha value is -2.58. The molecule has 1 aliphatic rings. The van der Waals surface area contributed by atoms with E-state index in [1.165, 1.54) is 12.3 Å². The molecule has 0 aromatic carbocycles. The van der Waals surface area contributed by atoms with Crippen LogP contribution in [-0.4, -0.2) is 45.3 Å². The third-order valence-electron chi connectivity index (χ3n) is 5.16. The summed E-state index contributed by atoms with van der Waals surface area (Å²) in [5.74, 6) is -0.370. The largest absolute Gasteiger partial charge is 0.477 e. The zero-order valence-electron chi connectivity index (χ0n) is 16.1. The van der Waals surface area contributed by atoms with E-state index in [0.29, 0.717) is 37.2 Å². The number of hydrogen-bond acceptors (Lipinski definition) is 4. The van der Waals surface area contributed by atoms with Gasteiger partial charge in [0.1, 0.15) is 5.56 Å². The van der Waals surface area contributed by atoms with Gasteiger partial charge in [0.2, 0.25) is 5.88 Å². The predicted molar refractivity (Wildman–Crippen MR) is 96.0 cm³/mol. The van der Waals surface area contributed by atoms with Gasteiger partial charge in [0.05, 0.1) is 17.9 Å². The van der Waals surface area contributed by atoms with Gasteiger partial charge in [-0.15, -0.1) is 0 Å². The number of piperidine rings is 1. The second-order valence-corrected chi connectivity index (χ2v) is 7.07. The van der Waals surface area contributed by atoms with Gasteiger partial charge >= 0.3 is 6.18 Å². The summed E-state index contributed by atoms with van der Waals surface area (Å²) >= 11 is 0. The van der Waals surface area contributed by atoms with Gasteiger partial charge in [-0.3, -0.25) is 9.48 Å². The normalized spacial score (nSPS) is 15.7. The summed E-state index contributed by atoms with van der Waals surface area (Å²) in [6.07, 6.45) is -1.89. The van der Waals surface area contributed by atoms with Crippen molar-refractivity contribution in [1.29, 1.82) is 0 Å². The highest BCUT2D eigenvalue weighted by Crippen LogP contribution is 2.35. The van der Waals surface area contributed by atoms with Gasteiger partial charge in [-0.05, 0) is 44.7 Å². The molecule has 1 fully saturated rings. The fourth-order valence-electron chi connectivity index (χ4n) is 3.46. The summed E-state index contributed by atoms with van der Waals surface area (Å²) in [6, 6.07) is 2.20. The fraction of sp³-hybridized carbons (Fsp3) is 0.526. The Morgan fingerprint density at radius 1 is 1.29 bits per heavy atom. The fourth-order valence-corrected chi connectivity index (χ4v) is 3.46. The maximum atomic E-state index is 13.0. The van der Waals surface area contributed by atoms with E-state index in [0.717, 1.165) is 11.8 Å². The van der Waals surface area contributed by atoms with E-state index in [9.17, 15) is 18.0 Å². The van der Waals surface area contributed by atoms with Gasteiger partial charge < -0.3 is 9.64 Å². The second-order valence-electron chi connectivity index (χ2n) is 7.07. The lowest BCUT2D eigenvalue weighted by Gasteiger charge is -2.32. The van der Waals surface area contributed by atoms with Crippen molar-refractivity contribution in [2.45, 2.75) is 32.9 Å². The first-order valence-corrected chi connectivity index (χ1v) is 9.13. The number of amides is 1. The number of alkyl halides is 3. The number of carbonyl (C=O) groups excluding carboxylic acids is 1. The molecule has 0 radical (unpaired) electrons. The van der Waals surface area contributed by atoms with E-state index >= 15 is 0 Å². The molecule has 0 unspecified atom stereocenters. The van der Waals surface area contributed by atoms with E-state index in [1.807, 2.05) is 13.8 Å². The number of pyridine rings is 1. The number of ether oxygens (including phenoxy) is 1. The van der Waals surface area contributed by atoms with Crippen LogP contribution in [0, 0.1) is 19.8 Å². The molecule has 3 heterocycles. The van der Waals surface area contributed by atoms with E-state index in [1.54, 1.807) is 16.6 Å². The molecule has 28 heavy (non-hydrogen) atoms. The van der Waals surface area contributed by atoms with Crippen LogP contribution in [0.1, 0.15) is 40.2 Å². The van der Waals surface area contributed by atoms with Crippen LogP contribution in [0.2, 0.25) is 0 Å². The van der Waals surface area contributed by atoms with Gasteiger partial charge in [-0.2, -0.15) is 18.3 Å². The van der Waals surface area contributed by atoms with Gasteiger partial charge in [0.25, 0.3) is 5.91 Å². The van der Waals surface area contributed by atoms with E-state index in [2.05, 4.69) is 10.1 Å². The number of likely N-dealkylation sites (tertiary alicyclic amines) is 1. The lowest BCUT2D eigenvalue weighted by atomic mass is 9.97. The zero-order chi connectivity index (χ0) is 20.5. The van der Waals surface area contributed by atoms with E-state index in [-0.39, 0.29) is 18.4 Å². The van der Waals surface area contributed by atoms with Crippen LogP contribution in [0.5, 0.6) is 5.88 Å². The van der Waals surface area contributed by atoms with Crippen LogP contribution in [-0.2, 0) is 13.2 Å². The smallest absolute Gasteiger partial charge is 0.421 e. The van der Waals surface area contributed by atoms with Crippen molar-refractivity contribution in [2.24, 2.45) is 13.0 Å². The second kappa shape index (κ2) is 7.81. The molecule has 3 rings (SSSR count). The molecule has 2 aromatic rings. The molecule has 1 aliphatic heterocycles. The molecule has 0 bridgehead atoms. The maximum absolute atomic E-state index is 13.0. The van der Waals surface area contributed by atoms with Crippen molar-refractivity contribution in [3.05, 3.63) is 40.8 Å². The Kier molecular flexibility index (Phi) is 5.62. The summed E-state index contributed by atoms with van der Waals surface area (Å²) in [7, 11) is 1.80. The summed E-state index contributed by atoms with van der Waals surface area (Å²) < 4.78 is 46.1. The first kappa shape index (κ1) is 20.2. The van der Waals surface area contributed by atoms with E-state index in [4.69, 9.17) is 4.74 Å². The Morgan fingerprint density at radius 3 is 2.54 bits per heavy atom. The molecule has 0 spiro atoms. The lowest BCUT2D eigenvalue weighted by Crippen LogP contribution is -2.40. The van der Waals surface area contributed by atoms with Crippen LogP contribution in [0.15, 0.2) is 18.3 Å². The Balaban J connectivity index is 1.57.